The summed E-state index contributed by atoms with van der Waals surface area (Å²) in [5, 5.41) is 18.1. The van der Waals surface area contributed by atoms with Crippen molar-refractivity contribution in [1.29, 1.82) is 0 Å². The second-order valence-electron chi connectivity index (χ2n) is 8.75. The lowest BCUT2D eigenvalue weighted by molar-refractivity contribution is -0.113. The molecule has 1 aromatic heterocycles. The first-order valence-corrected chi connectivity index (χ1v) is 12.5. The smallest absolute Gasteiger partial charge is 0.255 e. The van der Waals surface area contributed by atoms with Gasteiger partial charge in [-0.1, -0.05) is 41.0 Å². The molecular weight excluding hydrogens is 555 g/mol. The second kappa shape index (κ2) is 10.6. The van der Waals surface area contributed by atoms with Crippen LogP contribution >= 0.6 is 15.9 Å². The molecule has 194 valence electrons. The molecule has 9 nitrogen and oxygen atoms in total. The van der Waals surface area contributed by atoms with E-state index in [0.29, 0.717) is 50.0 Å². The van der Waals surface area contributed by atoms with Gasteiger partial charge >= 0.3 is 0 Å². The third kappa shape index (κ3) is 4.97. The molecule has 0 bridgehead atoms. The van der Waals surface area contributed by atoms with Crippen molar-refractivity contribution in [1.82, 2.24) is 20.2 Å². The van der Waals surface area contributed by atoms with Crippen LogP contribution in [-0.2, 0) is 11.4 Å². The van der Waals surface area contributed by atoms with Crippen LogP contribution in [0.15, 0.2) is 76.4 Å². The highest BCUT2D eigenvalue weighted by Crippen LogP contribution is 2.43. The minimum absolute atomic E-state index is 0.00862. The molecule has 0 fully saturated rings. The summed E-state index contributed by atoms with van der Waals surface area (Å²) in [5.74, 6) is 0.533. The molecule has 0 spiro atoms. The first kappa shape index (κ1) is 25.4. The van der Waals surface area contributed by atoms with Gasteiger partial charge in [-0.15, -0.1) is 0 Å². The first-order chi connectivity index (χ1) is 18.4. The number of aryl methyl sites for hydroxylation is 1. The summed E-state index contributed by atoms with van der Waals surface area (Å²) in [6.07, 6.45) is 0. The maximum atomic E-state index is 14.1. The van der Waals surface area contributed by atoms with E-state index < -0.39 is 6.04 Å². The van der Waals surface area contributed by atoms with Crippen molar-refractivity contribution in [2.45, 2.75) is 26.5 Å². The minimum atomic E-state index is -0.669. The molecule has 1 amide bonds. The molecule has 0 saturated carbocycles. The topological polar surface area (TPSA) is 103 Å². The van der Waals surface area contributed by atoms with E-state index in [1.54, 1.807) is 31.2 Å². The van der Waals surface area contributed by atoms with Gasteiger partial charge in [0.25, 0.3) is 5.91 Å². The van der Waals surface area contributed by atoms with E-state index in [1.165, 1.54) is 17.9 Å². The number of halogens is 2. The van der Waals surface area contributed by atoms with Gasteiger partial charge in [0.2, 0.25) is 5.95 Å². The number of tetrazole rings is 1. The molecule has 5 rings (SSSR count). The van der Waals surface area contributed by atoms with E-state index in [-0.39, 0.29) is 18.3 Å². The summed E-state index contributed by atoms with van der Waals surface area (Å²) in [6, 6.07) is 16.9. The molecule has 0 aliphatic carbocycles. The monoisotopic (exact) mass is 578 g/mol. The molecule has 1 aliphatic heterocycles. The van der Waals surface area contributed by atoms with Crippen LogP contribution in [0.25, 0.3) is 0 Å². The van der Waals surface area contributed by atoms with Gasteiger partial charge < -0.3 is 20.1 Å². The summed E-state index contributed by atoms with van der Waals surface area (Å²) >= 11 is 3.57. The Kier molecular flexibility index (Phi) is 7.10. The molecule has 4 aromatic rings. The van der Waals surface area contributed by atoms with Gasteiger partial charge in [-0.2, -0.15) is 4.68 Å². The highest BCUT2D eigenvalue weighted by Gasteiger charge is 2.35. The molecular formula is C27H24BrFN6O3. The predicted octanol–water partition coefficient (Wildman–Crippen LogP) is 5.40. The van der Waals surface area contributed by atoms with Crippen molar-refractivity contribution >= 4 is 33.5 Å². The number of carbonyl (C=O) groups excluding carboxylic acids is 1. The van der Waals surface area contributed by atoms with E-state index in [4.69, 9.17) is 9.47 Å². The van der Waals surface area contributed by atoms with Crippen LogP contribution in [0.4, 0.5) is 16.0 Å². The fraction of sp³-hybridized carbons (Fsp3) is 0.185. The number of anilines is 2. The SMILES string of the molecule is COc1cc(C2C(C(=O)Nc3ccc(C)cc3)=C(C)Nc3nnnn32)cc(Br)c1OCc1ccccc1F. The Balaban J connectivity index is 1.51. The van der Waals surface area contributed by atoms with Gasteiger partial charge in [0.15, 0.2) is 11.5 Å². The summed E-state index contributed by atoms with van der Waals surface area (Å²) in [6.45, 7) is 3.79. The van der Waals surface area contributed by atoms with E-state index in [1.807, 2.05) is 37.3 Å². The van der Waals surface area contributed by atoms with Crippen molar-refractivity contribution in [3.05, 3.63) is 98.9 Å². The van der Waals surface area contributed by atoms with Gasteiger partial charge in [0, 0.05) is 16.9 Å². The van der Waals surface area contributed by atoms with Gasteiger partial charge in [0.1, 0.15) is 18.5 Å². The number of allylic oxidation sites excluding steroid dienone is 1. The van der Waals surface area contributed by atoms with Crippen LogP contribution < -0.4 is 20.1 Å². The van der Waals surface area contributed by atoms with Crippen molar-refractivity contribution in [3.63, 3.8) is 0 Å². The molecule has 0 radical (unpaired) electrons. The van der Waals surface area contributed by atoms with E-state index in [9.17, 15) is 9.18 Å². The third-order valence-electron chi connectivity index (χ3n) is 6.17. The first-order valence-electron chi connectivity index (χ1n) is 11.7. The van der Waals surface area contributed by atoms with Crippen LogP contribution in [-0.4, -0.2) is 33.2 Å². The van der Waals surface area contributed by atoms with Crippen LogP contribution in [0.1, 0.15) is 29.7 Å². The Hall–Kier alpha value is -4.25. The van der Waals surface area contributed by atoms with E-state index in [0.717, 1.165) is 5.56 Å². The lowest BCUT2D eigenvalue weighted by Crippen LogP contribution is -2.31. The van der Waals surface area contributed by atoms with E-state index >= 15 is 0 Å². The van der Waals surface area contributed by atoms with Gasteiger partial charge in [-0.3, -0.25) is 4.79 Å². The molecule has 2 N–H and O–H groups in total. The summed E-state index contributed by atoms with van der Waals surface area (Å²) in [5.41, 5.74) is 3.88. The number of benzene rings is 3. The molecule has 1 aliphatic rings. The van der Waals surface area contributed by atoms with Crippen molar-refractivity contribution < 1.29 is 18.7 Å². The van der Waals surface area contributed by atoms with Crippen LogP contribution in [0, 0.1) is 12.7 Å². The molecule has 11 heteroatoms. The number of amides is 1. The predicted molar refractivity (Wildman–Crippen MR) is 144 cm³/mol. The van der Waals surface area contributed by atoms with Crippen LogP contribution in [0.5, 0.6) is 11.5 Å². The molecule has 1 unspecified atom stereocenters. The lowest BCUT2D eigenvalue weighted by atomic mass is 9.94. The lowest BCUT2D eigenvalue weighted by Gasteiger charge is -2.28. The Bertz CT molecular complexity index is 1540. The number of rotatable bonds is 7. The fourth-order valence-electron chi connectivity index (χ4n) is 4.25. The number of fused-ring (bicyclic) bond motifs is 1. The van der Waals surface area contributed by atoms with Crippen molar-refractivity contribution in [2.24, 2.45) is 0 Å². The van der Waals surface area contributed by atoms with Crippen LogP contribution in [0.2, 0.25) is 0 Å². The molecule has 38 heavy (non-hydrogen) atoms. The maximum absolute atomic E-state index is 14.1. The Labute approximate surface area is 226 Å². The zero-order valence-electron chi connectivity index (χ0n) is 20.8. The molecule has 0 saturated heterocycles. The van der Waals surface area contributed by atoms with Crippen molar-refractivity contribution in [3.8, 4) is 11.5 Å². The van der Waals surface area contributed by atoms with Crippen LogP contribution in [0.3, 0.4) is 0 Å². The zero-order valence-corrected chi connectivity index (χ0v) is 22.4. The average molecular weight is 579 g/mol. The minimum Gasteiger partial charge on any atom is -0.493 e. The van der Waals surface area contributed by atoms with Gasteiger partial charge in [-0.25, -0.2) is 4.39 Å². The third-order valence-corrected chi connectivity index (χ3v) is 6.75. The molecule has 3 aromatic carbocycles. The number of nitrogens with zero attached hydrogens (tertiary/aromatic N) is 4. The number of hydrogen-bond donors (Lipinski definition) is 2. The number of ether oxygens (including phenoxy) is 2. The number of hydrogen-bond acceptors (Lipinski definition) is 7. The molecule has 2 heterocycles. The normalized spacial score (nSPS) is 14.5. The summed E-state index contributed by atoms with van der Waals surface area (Å²) in [4.78, 5) is 13.6. The Morgan fingerprint density at radius 1 is 1.16 bits per heavy atom. The largest absolute Gasteiger partial charge is 0.493 e. The highest BCUT2D eigenvalue weighted by atomic mass is 79.9. The highest BCUT2D eigenvalue weighted by molar-refractivity contribution is 9.10. The Morgan fingerprint density at radius 2 is 1.92 bits per heavy atom. The Morgan fingerprint density at radius 3 is 2.66 bits per heavy atom. The second-order valence-corrected chi connectivity index (χ2v) is 9.60. The maximum Gasteiger partial charge on any atom is 0.255 e. The number of aromatic nitrogens is 4. The average Bonchev–Trinajstić information content (AvgIpc) is 3.37. The standard InChI is InChI=1S/C27H24BrFN6O3/c1-15-8-10-19(11-9-15)31-26(36)23-16(2)30-27-32-33-34-35(27)24(23)18-12-20(28)25(22(13-18)37-3)38-14-17-6-4-5-7-21(17)29/h4-13,24H,14H2,1-3H3,(H,31,36)(H,30,32,34). The fourth-order valence-corrected chi connectivity index (χ4v) is 4.83. The number of carbonyl (C=O) groups is 1. The summed E-state index contributed by atoms with van der Waals surface area (Å²) in [7, 11) is 1.51. The quantitative estimate of drug-likeness (QED) is 0.302. The van der Waals surface area contributed by atoms with E-state index in [2.05, 4.69) is 42.1 Å². The molecule has 1 atom stereocenters. The number of methoxy groups -OCH3 is 1. The van der Waals surface area contributed by atoms with Gasteiger partial charge in [-0.05, 0) is 76.1 Å². The van der Waals surface area contributed by atoms with Gasteiger partial charge in [0.05, 0.1) is 17.2 Å². The number of nitrogens with one attached hydrogen (secondary N) is 2. The zero-order chi connectivity index (χ0) is 26.8. The van der Waals surface area contributed by atoms with Crippen molar-refractivity contribution in [2.75, 3.05) is 17.7 Å². The summed E-state index contributed by atoms with van der Waals surface area (Å²) < 4.78 is 27.8.